The van der Waals surface area contributed by atoms with Crippen LogP contribution in [-0.2, 0) is 0 Å². The van der Waals surface area contributed by atoms with Crippen LogP contribution in [0.4, 0.5) is 5.69 Å². The number of hydrogen-bond donors (Lipinski definition) is 2. The van der Waals surface area contributed by atoms with Gasteiger partial charge in [0.2, 0.25) is 0 Å². The second-order valence-corrected chi connectivity index (χ2v) is 8.56. The fraction of sp³-hybridized carbons (Fsp3) is 0.409. The van der Waals surface area contributed by atoms with Gasteiger partial charge in [-0.25, -0.2) is 4.98 Å². The van der Waals surface area contributed by atoms with Gasteiger partial charge in [0, 0.05) is 20.9 Å². The molecule has 27 heavy (non-hydrogen) atoms. The molecule has 1 fully saturated rings. The Kier molecular flexibility index (Phi) is 5.98. The van der Waals surface area contributed by atoms with E-state index in [1.807, 2.05) is 12.1 Å². The van der Waals surface area contributed by atoms with Crippen molar-refractivity contribution >= 4 is 50.1 Å². The molecule has 2 aromatic carbocycles. The highest BCUT2D eigenvalue weighted by Crippen LogP contribution is 2.33. The van der Waals surface area contributed by atoms with Crippen molar-refractivity contribution in [1.82, 2.24) is 10.3 Å². The normalized spacial score (nSPS) is 14.0. The molecular formula is C22H26IN3O. The van der Waals surface area contributed by atoms with Gasteiger partial charge in [-0.15, -0.1) is 0 Å². The van der Waals surface area contributed by atoms with Gasteiger partial charge in [-0.05, 0) is 104 Å². The van der Waals surface area contributed by atoms with Crippen LogP contribution < -0.4 is 15.4 Å². The number of unbranched alkanes of at least 4 members (excludes halogenated alkanes) is 1. The number of fused-ring (bicyclic) bond motifs is 2. The number of hydrogen-bond acceptors (Lipinski definition) is 4. The van der Waals surface area contributed by atoms with E-state index in [4.69, 9.17) is 9.72 Å². The molecule has 4 nitrogen and oxygen atoms in total. The van der Waals surface area contributed by atoms with Crippen LogP contribution in [0.5, 0.6) is 5.75 Å². The molecule has 5 heteroatoms. The summed E-state index contributed by atoms with van der Waals surface area (Å²) in [7, 11) is 1.71. The quantitative estimate of drug-likeness (QED) is 0.254. The smallest absolute Gasteiger partial charge is 0.119 e. The molecule has 0 unspecified atom stereocenters. The number of anilines is 1. The van der Waals surface area contributed by atoms with Gasteiger partial charge in [-0.1, -0.05) is 0 Å². The van der Waals surface area contributed by atoms with E-state index in [2.05, 4.69) is 57.5 Å². The summed E-state index contributed by atoms with van der Waals surface area (Å²) in [6.07, 6.45) is 5.18. The largest absolute Gasteiger partial charge is 0.497 e. The molecule has 0 bridgehead atoms. The van der Waals surface area contributed by atoms with Crippen molar-refractivity contribution in [3.05, 3.63) is 40.0 Å². The predicted octanol–water partition coefficient (Wildman–Crippen LogP) is 5.19. The molecule has 0 aliphatic heterocycles. The van der Waals surface area contributed by atoms with Crippen molar-refractivity contribution < 1.29 is 4.74 Å². The molecule has 2 N–H and O–H groups in total. The Morgan fingerprint density at radius 3 is 2.70 bits per heavy atom. The highest BCUT2D eigenvalue weighted by molar-refractivity contribution is 14.1. The maximum Gasteiger partial charge on any atom is 0.119 e. The molecule has 1 saturated carbocycles. The minimum Gasteiger partial charge on any atom is -0.497 e. The zero-order chi connectivity index (χ0) is 18.6. The Morgan fingerprint density at radius 2 is 1.89 bits per heavy atom. The maximum atomic E-state index is 5.44. The summed E-state index contributed by atoms with van der Waals surface area (Å²) in [4.78, 5) is 4.86. The Balaban J connectivity index is 1.52. The van der Waals surface area contributed by atoms with Gasteiger partial charge < -0.3 is 15.4 Å². The molecule has 0 radical (unpaired) electrons. The first-order valence-electron chi connectivity index (χ1n) is 9.76. The highest BCUT2D eigenvalue weighted by Gasteiger charge is 2.19. The third-order valence-electron chi connectivity index (χ3n) is 5.16. The third kappa shape index (κ3) is 4.63. The number of pyridine rings is 1. The summed E-state index contributed by atoms with van der Waals surface area (Å²) in [6, 6.07) is 12.6. The number of methoxy groups -OCH3 is 1. The van der Waals surface area contributed by atoms with Crippen molar-refractivity contribution in [2.24, 2.45) is 5.92 Å². The number of nitrogens with zero attached hydrogens (tertiary/aromatic N) is 1. The summed E-state index contributed by atoms with van der Waals surface area (Å²) in [5, 5.41) is 9.55. The Hall–Kier alpha value is -1.60. The van der Waals surface area contributed by atoms with Crippen molar-refractivity contribution in [2.75, 3.05) is 32.1 Å². The molecule has 1 aromatic heterocycles. The zero-order valence-corrected chi connectivity index (χ0v) is 17.9. The Labute approximate surface area is 174 Å². The number of halogens is 1. The lowest BCUT2D eigenvalue weighted by Gasteiger charge is -2.14. The average molecular weight is 475 g/mol. The molecule has 3 aromatic rings. The number of benzene rings is 2. The molecular weight excluding hydrogens is 449 g/mol. The lowest BCUT2D eigenvalue weighted by molar-refractivity contribution is 0.415. The Bertz CT molecular complexity index is 940. The summed E-state index contributed by atoms with van der Waals surface area (Å²) in [5.41, 5.74) is 3.20. The third-order valence-corrected chi connectivity index (χ3v) is 5.83. The summed E-state index contributed by atoms with van der Waals surface area (Å²) in [5.74, 6) is 1.82. The van der Waals surface area contributed by atoms with Crippen LogP contribution in [0.3, 0.4) is 0 Å². The summed E-state index contributed by atoms with van der Waals surface area (Å²) < 4.78 is 6.64. The summed E-state index contributed by atoms with van der Waals surface area (Å²) in [6.45, 7) is 3.27. The van der Waals surface area contributed by atoms with Gasteiger partial charge in [0.15, 0.2) is 0 Å². The second-order valence-electron chi connectivity index (χ2n) is 7.31. The molecule has 142 valence electrons. The van der Waals surface area contributed by atoms with Gasteiger partial charge in [-0.2, -0.15) is 0 Å². The van der Waals surface area contributed by atoms with Crippen LogP contribution in [0.15, 0.2) is 36.4 Å². The number of nitrogens with one attached hydrogen (secondary N) is 2. The van der Waals surface area contributed by atoms with Crippen molar-refractivity contribution in [3.63, 3.8) is 0 Å². The first-order valence-corrected chi connectivity index (χ1v) is 10.8. The van der Waals surface area contributed by atoms with E-state index in [0.717, 1.165) is 53.3 Å². The number of aromatic nitrogens is 1. The number of ether oxygens (including phenoxy) is 1. The van der Waals surface area contributed by atoms with Crippen LogP contribution in [0.25, 0.3) is 21.8 Å². The van der Waals surface area contributed by atoms with E-state index >= 15 is 0 Å². The standard InChI is InChI=1S/C22H26IN3O/c1-27-17-7-9-20-19(13-17)22(18-8-6-16(23)12-21(18)26-20)25-11-3-2-10-24-14-15-4-5-15/h6-9,12-13,15,24H,2-5,10-11,14H2,1H3,(H,25,26). The number of rotatable bonds is 9. The topological polar surface area (TPSA) is 46.2 Å². The first kappa shape index (κ1) is 18.7. The van der Waals surface area contributed by atoms with Gasteiger partial charge >= 0.3 is 0 Å². The van der Waals surface area contributed by atoms with Crippen LogP contribution in [0.1, 0.15) is 25.7 Å². The van der Waals surface area contributed by atoms with Crippen molar-refractivity contribution in [3.8, 4) is 5.75 Å². The van der Waals surface area contributed by atoms with Crippen LogP contribution in [-0.4, -0.2) is 31.7 Å². The Morgan fingerprint density at radius 1 is 1.04 bits per heavy atom. The molecule has 0 saturated heterocycles. The van der Waals surface area contributed by atoms with Crippen LogP contribution in [0.2, 0.25) is 0 Å². The lowest BCUT2D eigenvalue weighted by atomic mass is 10.1. The predicted molar refractivity (Wildman–Crippen MR) is 122 cm³/mol. The van der Waals surface area contributed by atoms with Gasteiger partial charge in [-0.3, -0.25) is 0 Å². The maximum absolute atomic E-state index is 5.44. The van der Waals surface area contributed by atoms with E-state index in [1.54, 1.807) is 7.11 Å². The zero-order valence-electron chi connectivity index (χ0n) is 15.7. The van der Waals surface area contributed by atoms with E-state index in [0.29, 0.717) is 0 Å². The second kappa shape index (κ2) is 8.61. The highest BCUT2D eigenvalue weighted by atomic mass is 127. The molecule has 1 aliphatic carbocycles. The average Bonchev–Trinajstić information content (AvgIpc) is 3.50. The van der Waals surface area contributed by atoms with Gasteiger partial charge in [0.1, 0.15) is 5.75 Å². The molecule has 1 aliphatic rings. The van der Waals surface area contributed by atoms with E-state index in [-0.39, 0.29) is 0 Å². The minimum atomic E-state index is 0.862. The van der Waals surface area contributed by atoms with Crippen molar-refractivity contribution in [1.29, 1.82) is 0 Å². The molecule has 0 spiro atoms. The minimum absolute atomic E-state index is 0.862. The lowest BCUT2D eigenvalue weighted by Crippen LogP contribution is -2.18. The van der Waals surface area contributed by atoms with Crippen molar-refractivity contribution in [2.45, 2.75) is 25.7 Å². The van der Waals surface area contributed by atoms with Gasteiger partial charge in [0.05, 0.1) is 23.8 Å². The van der Waals surface area contributed by atoms with Crippen LogP contribution >= 0.6 is 22.6 Å². The first-order chi connectivity index (χ1) is 13.2. The van der Waals surface area contributed by atoms with Crippen LogP contribution in [0, 0.1) is 9.49 Å². The fourth-order valence-electron chi connectivity index (χ4n) is 3.43. The van der Waals surface area contributed by atoms with Gasteiger partial charge in [0.25, 0.3) is 0 Å². The molecule has 4 rings (SSSR count). The SMILES string of the molecule is COc1ccc2nc3cc(I)ccc3c(NCCCCNCC3CC3)c2c1. The van der Waals surface area contributed by atoms with E-state index in [9.17, 15) is 0 Å². The molecule has 0 atom stereocenters. The monoisotopic (exact) mass is 475 g/mol. The van der Waals surface area contributed by atoms with E-state index in [1.165, 1.54) is 34.8 Å². The summed E-state index contributed by atoms with van der Waals surface area (Å²) >= 11 is 2.34. The molecule has 1 heterocycles. The fourth-order valence-corrected chi connectivity index (χ4v) is 3.91. The molecule has 0 amide bonds. The van der Waals surface area contributed by atoms with E-state index < -0.39 is 0 Å².